The Morgan fingerprint density at radius 1 is 0.949 bits per heavy atom. The molecule has 2 atom stereocenters. The molecule has 5 rings (SSSR count). The normalized spacial score (nSPS) is 15.9. The standard InChI is InChI=1S/C34H37NO4/c1-2-38-34(37)24-39-32-18-17-27-13-8-14-31(20-30(27)21-32)35(22-25-9-4-3-5-10-25)23-33(36)29-16-15-26-11-6-7-12-28(26)19-29/h3-7,9-12,15-19,21,31,33,36H,2,8,13-14,20,22-24H2,1H3/t31?,33-/m1/s1. The highest BCUT2D eigenvalue weighted by atomic mass is 16.6. The van der Waals surface area contributed by atoms with E-state index in [1.165, 1.54) is 22.1 Å². The molecule has 39 heavy (non-hydrogen) atoms. The molecule has 0 aliphatic heterocycles. The van der Waals surface area contributed by atoms with Gasteiger partial charge in [-0.1, -0.05) is 72.8 Å². The number of hydrogen-bond acceptors (Lipinski definition) is 5. The lowest BCUT2D eigenvalue weighted by Crippen LogP contribution is -2.39. The Labute approximate surface area is 231 Å². The third-order valence-electron chi connectivity index (χ3n) is 7.59. The van der Waals surface area contributed by atoms with E-state index in [0.29, 0.717) is 18.9 Å². The summed E-state index contributed by atoms with van der Waals surface area (Å²) in [4.78, 5) is 14.2. The van der Waals surface area contributed by atoms with Gasteiger partial charge < -0.3 is 14.6 Å². The molecule has 0 saturated heterocycles. The number of esters is 1. The van der Waals surface area contributed by atoms with Gasteiger partial charge in [0, 0.05) is 19.1 Å². The largest absolute Gasteiger partial charge is 0.482 e. The van der Waals surface area contributed by atoms with Crippen molar-refractivity contribution in [2.45, 2.75) is 51.3 Å². The van der Waals surface area contributed by atoms with Crippen LogP contribution < -0.4 is 4.74 Å². The van der Waals surface area contributed by atoms with E-state index in [-0.39, 0.29) is 18.6 Å². The van der Waals surface area contributed by atoms with Gasteiger partial charge in [-0.25, -0.2) is 4.79 Å². The molecule has 4 aromatic rings. The molecule has 1 unspecified atom stereocenters. The van der Waals surface area contributed by atoms with Gasteiger partial charge >= 0.3 is 5.97 Å². The predicted octanol–water partition coefficient (Wildman–Crippen LogP) is 6.26. The van der Waals surface area contributed by atoms with Crippen LogP contribution in [0.1, 0.15) is 48.1 Å². The van der Waals surface area contributed by atoms with E-state index in [0.717, 1.165) is 43.2 Å². The van der Waals surface area contributed by atoms with Crippen LogP contribution in [0.4, 0.5) is 0 Å². The average Bonchev–Trinajstić information content (AvgIpc) is 3.18. The second kappa shape index (κ2) is 12.9. The highest BCUT2D eigenvalue weighted by Gasteiger charge is 2.26. The van der Waals surface area contributed by atoms with Gasteiger partial charge in [0.15, 0.2) is 6.61 Å². The van der Waals surface area contributed by atoms with E-state index in [2.05, 4.69) is 65.6 Å². The van der Waals surface area contributed by atoms with E-state index in [1.54, 1.807) is 6.92 Å². The number of fused-ring (bicyclic) bond motifs is 2. The van der Waals surface area contributed by atoms with E-state index >= 15 is 0 Å². The molecular formula is C34H37NO4. The van der Waals surface area contributed by atoms with E-state index in [9.17, 15) is 9.90 Å². The molecule has 0 spiro atoms. The molecule has 1 aliphatic carbocycles. The van der Waals surface area contributed by atoms with Crippen LogP contribution in [0, 0.1) is 0 Å². The number of benzene rings is 4. The molecule has 4 aromatic carbocycles. The van der Waals surface area contributed by atoms with E-state index in [4.69, 9.17) is 9.47 Å². The molecule has 5 nitrogen and oxygen atoms in total. The molecule has 1 aliphatic rings. The first-order valence-corrected chi connectivity index (χ1v) is 13.9. The summed E-state index contributed by atoms with van der Waals surface area (Å²) in [5, 5.41) is 13.7. The second-order valence-electron chi connectivity index (χ2n) is 10.3. The number of aliphatic hydroxyl groups excluding tert-OH is 1. The summed E-state index contributed by atoms with van der Waals surface area (Å²) in [6.07, 6.45) is 3.41. The highest BCUT2D eigenvalue weighted by Crippen LogP contribution is 2.30. The number of aryl methyl sites for hydroxylation is 1. The fraction of sp³-hybridized carbons (Fsp3) is 0.324. The van der Waals surface area contributed by atoms with Crippen LogP contribution in [-0.2, 0) is 28.9 Å². The second-order valence-corrected chi connectivity index (χ2v) is 10.3. The fourth-order valence-electron chi connectivity index (χ4n) is 5.57. The average molecular weight is 524 g/mol. The Kier molecular flexibility index (Phi) is 8.92. The van der Waals surface area contributed by atoms with Gasteiger partial charge in [-0.2, -0.15) is 0 Å². The third kappa shape index (κ3) is 7.05. The predicted molar refractivity (Wildman–Crippen MR) is 155 cm³/mol. The van der Waals surface area contributed by atoms with Gasteiger partial charge in [0.1, 0.15) is 5.75 Å². The van der Waals surface area contributed by atoms with E-state index < -0.39 is 6.10 Å². The van der Waals surface area contributed by atoms with E-state index in [1.807, 2.05) is 30.3 Å². The smallest absolute Gasteiger partial charge is 0.344 e. The molecule has 0 bridgehead atoms. The zero-order chi connectivity index (χ0) is 27.0. The van der Waals surface area contributed by atoms with Crippen molar-refractivity contribution in [2.75, 3.05) is 19.8 Å². The van der Waals surface area contributed by atoms with Gasteiger partial charge in [0.05, 0.1) is 12.7 Å². The monoisotopic (exact) mass is 523 g/mol. The molecule has 5 heteroatoms. The highest BCUT2D eigenvalue weighted by molar-refractivity contribution is 5.83. The Morgan fingerprint density at radius 2 is 1.74 bits per heavy atom. The quantitative estimate of drug-likeness (QED) is 0.196. The number of hydrogen-bond donors (Lipinski definition) is 1. The molecule has 0 radical (unpaired) electrons. The van der Waals surface area contributed by atoms with Crippen LogP contribution in [0.5, 0.6) is 5.75 Å². The molecule has 0 saturated carbocycles. The van der Waals surface area contributed by atoms with Crippen LogP contribution in [0.3, 0.4) is 0 Å². The van der Waals surface area contributed by atoms with Gasteiger partial charge in [0.25, 0.3) is 0 Å². The Balaban J connectivity index is 1.37. The number of rotatable bonds is 10. The summed E-state index contributed by atoms with van der Waals surface area (Å²) in [5.41, 5.74) is 4.75. The summed E-state index contributed by atoms with van der Waals surface area (Å²) in [7, 11) is 0. The molecule has 0 heterocycles. The number of nitrogens with zero attached hydrogens (tertiary/aromatic N) is 1. The Morgan fingerprint density at radius 3 is 2.56 bits per heavy atom. The van der Waals surface area contributed by atoms with Crippen molar-refractivity contribution in [2.24, 2.45) is 0 Å². The first kappa shape index (κ1) is 26.9. The van der Waals surface area contributed by atoms with Crippen molar-refractivity contribution in [3.05, 3.63) is 113 Å². The van der Waals surface area contributed by atoms with Crippen LogP contribution in [0.15, 0.2) is 91.0 Å². The third-order valence-corrected chi connectivity index (χ3v) is 7.59. The van der Waals surface area contributed by atoms with Crippen molar-refractivity contribution in [1.82, 2.24) is 4.90 Å². The molecular weight excluding hydrogens is 486 g/mol. The Bertz CT molecular complexity index is 1390. The summed E-state index contributed by atoms with van der Waals surface area (Å²) < 4.78 is 10.8. The number of carbonyl (C=O) groups excluding carboxylic acids is 1. The lowest BCUT2D eigenvalue weighted by molar-refractivity contribution is -0.145. The minimum Gasteiger partial charge on any atom is -0.482 e. The molecule has 0 aromatic heterocycles. The summed E-state index contributed by atoms with van der Waals surface area (Å²) in [6, 6.07) is 31.4. The SMILES string of the molecule is CCOC(=O)COc1ccc2c(c1)CC(N(Cc1ccccc1)C[C@@H](O)c1ccc3ccccc3c1)CCC2. The van der Waals surface area contributed by atoms with Crippen LogP contribution in [-0.4, -0.2) is 41.8 Å². The van der Waals surface area contributed by atoms with Crippen LogP contribution >= 0.6 is 0 Å². The maximum atomic E-state index is 11.8. The molecule has 1 N–H and O–H groups in total. The maximum Gasteiger partial charge on any atom is 0.344 e. The van der Waals surface area contributed by atoms with Crippen molar-refractivity contribution in [1.29, 1.82) is 0 Å². The summed E-state index contributed by atoms with van der Waals surface area (Å²) in [6.45, 7) is 3.36. The van der Waals surface area contributed by atoms with Gasteiger partial charge in [-0.3, -0.25) is 4.90 Å². The van der Waals surface area contributed by atoms with Crippen LogP contribution in [0.25, 0.3) is 10.8 Å². The minimum atomic E-state index is -0.597. The van der Waals surface area contributed by atoms with Gasteiger partial charge in [-0.15, -0.1) is 0 Å². The molecule has 0 fully saturated rings. The van der Waals surface area contributed by atoms with Gasteiger partial charge in [-0.05, 0) is 83.8 Å². The zero-order valence-corrected chi connectivity index (χ0v) is 22.6. The fourth-order valence-corrected chi connectivity index (χ4v) is 5.57. The van der Waals surface area contributed by atoms with Gasteiger partial charge in [0.2, 0.25) is 0 Å². The lowest BCUT2D eigenvalue weighted by Gasteiger charge is -2.33. The number of aliphatic hydroxyl groups is 1. The lowest BCUT2D eigenvalue weighted by atomic mass is 9.98. The van der Waals surface area contributed by atoms with Crippen molar-refractivity contribution in [3.63, 3.8) is 0 Å². The molecule has 0 amide bonds. The Hall–Kier alpha value is -3.67. The summed E-state index contributed by atoms with van der Waals surface area (Å²) >= 11 is 0. The first-order chi connectivity index (χ1) is 19.1. The number of carbonyl (C=O) groups is 1. The first-order valence-electron chi connectivity index (χ1n) is 13.9. The molecule has 202 valence electrons. The van der Waals surface area contributed by atoms with Crippen molar-refractivity contribution in [3.8, 4) is 5.75 Å². The van der Waals surface area contributed by atoms with Crippen molar-refractivity contribution < 1.29 is 19.4 Å². The maximum absolute atomic E-state index is 11.8. The summed E-state index contributed by atoms with van der Waals surface area (Å²) in [5.74, 6) is 0.329. The topological polar surface area (TPSA) is 59.0 Å². The zero-order valence-electron chi connectivity index (χ0n) is 22.6. The van der Waals surface area contributed by atoms with Crippen LogP contribution in [0.2, 0.25) is 0 Å². The number of ether oxygens (including phenoxy) is 2. The van der Waals surface area contributed by atoms with Crippen molar-refractivity contribution >= 4 is 16.7 Å². The minimum absolute atomic E-state index is 0.0891.